The molecule has 0 heterocycles. The van der Waals surface area contributed by atoms with E-state index in [4.69, 9.17) is 0 Å². The molecule has 17 heavy (non-hydrogen) atoms. The van der Waals surface area contributed by atoms with Crippen molar-refractivity contribution in [2.75, 3.05) is 6.54 Å². The number of halogens is 3. The van der Waals surface area contributed by atoms with Gasteiger partial charge < -0.3 is 5.32 Å². The fourth-order valence-corrected chi connectivity index (χ4v) is 2.07. The average Bonchev–Trinajstić information content (AvgIpc) is 3.04. The molecule has 4 heteroatoms. The predicted molar refractivity (Wildman–Crippen MR) is 60.9 cm³/mol. The van der Waals surface area contributed by atoms with Gasteiger partial charge in [0.05, 0.1) is 0 Å². The highest BCUT2D eigenvalue weighted by atomic mass is 19.4. The number of rotatable bonds is 5. The first kappa shape index (κ1) is 12.4. The smallest absolute Gasteiger partial charge is 0.313 e. The molecule has 2 atom stereocenters. The lowest BCUT2D eigenvalue weighted by Gasteiger charge is -2.07. The third-order valence-corrected chi connectivity index (χ3v) is 3.06. The van der Waals surface area contributed by atoms with E-state index in [1.165, 1.54) is 5.56 Å². The van der Waals surface area contributed by atoms with Gasteiger partial charge in [0.2, 0.25) is 0 Å². The third kappa shape index (κ3) is 4.04. The molecule has 0 aromatic heterocycles. The van der Waals surface area contributed by atoms with Gasteiger partial charge in [-0.1, -0.05) is 30.3 Å². The van der Waals surface area contributed by atoms with Gasteiger partial charge in [-0.2, -0.15) is 13.2 Å². The molecular formula is C13H16F3N. The molecule has 0 bridgehead atoms. The summed E-state index contributed by atoms with van der Waals surface area (Å²) in [7, 11) is 0. The quantitative estimate of drug-likeness (QED) is 0.781. The van der Waals surface area contributed by atoms with Gasteiger partial charge in [0.1, 0.15) is 0 Å². The van der Waals surface area contributed by atoms with Crippen LogP contribution in [-0.2, 0) is 0 Å². The maximum absolute atomic E-state index is 11.9. The van der Waals surface area contributed by atoms with Crippen molar-refractivity contribution in [3.8, 4) is 0 Å². The standard InChI is InChI=1S/C13H16F3N/c14-13(15,16)7-4-8-17-12-9-11(12)10-5-2-1-3-6-10/h1-3,5-6,11-12,17H,4,7-9H2. The Labute approximate surface area is 99.0 Å². The number of nitrogens with one attached hydrogen (secondary N) is 1. The molecule has 2 unspecified atom stereocenters. The van der Waals surface area contributed by atoms with Crippen molar-refractivity contribution in [1.82, 2.24) is 5.32 Å². The van der Waals surface area contributed by atoms with Crippen molar-refractivity contribution in [2.24, 2.45) is 0 Å². The molecule has 1 saturated carbocycles. The molecule has 1 N–H and O–H groups in total. The highest BCUT2D eigenvalue weighted by Gasteiger charge is 2.37. The number of alkyl halides is 3. The molecule has 0 spiro atoms. The number of hydrogen-bond acceptors (Lipinski definition) is 1. The van der Waals surface area contributed by atoms with Crippen LogP contribution in [0.15, 0.2) is 30.3 Å². The van der Waals surface area contributed by atoms with Gasteiger partial charge in [-0.3, -0.25) is 0 Å². The molecule has 1 nitrogen and oxygen atoms in total. The van der Waals surface area contributed by atoms with Crippen LogP contribution in [0.5, 0.6) is 0 Å². The summed E-state index contributed by atoms with van der Waals surface area (Å²) in [4.78, 5) is 0. The van der Waals surface area contributed by atoms with Crippen molar-refractivity contribution in [2.45, 2.75) is 37.4 Å². The van der Waals surface area contributed by atoms with Crippen molar-refractivity contribution in [3.05, 3.63) is 35.9 Å². The van der Waals surface area contributed by atoms with Crippen LogP contribution < -0.4 is 5.32 Å². The second-order valence-corrected chi connectivity index (χ2v) is 4.53. The normalized spacial score (nSPS) is 23.7. The number of hydrogen-bond donors (Lipinski definition) is 1. The van der Waals surface area contributed by atoms with E-state index in [-0.39, 0.29) is 6.42 Å². The van der Waals surface area contributed by atoms with Crippen LogP contribution in [0.2, 0.25) is 0 Å². The Hall–Kier alpha value is -1.03. The van der Waals surface area contributed by atoms with Crippen molar-refractivity contribution >= 4 is 0 Å². The zero-order valence-corrected chi connectivity index (χ0v) is 9.50. The van der Waals surface area contributed by atoms with E-state index < -0.39 is 12.6 Å². The van der Waals surface area contributed by atoms with Gasteiger partial charge in [-0.25, -0.2) is 0 Å². The van der Waals surface area contributed by atoms with E-state index >= 15 is 0 Å². The second kappa shape index (κ2) is 5.08. The molecule has 1 aliphatic rings. The SMILES string of the molecule is FC(F)(F)CCCNC1CC1c1ccccc1. The molecule has 0 amide bonds. The lowest BCUT2D eigenvalue weighted by atomic mass is 10.1. The maximum atomic E-state index is 11.9. The van der Waals surface area contributed by atoms with Crippen molar-refractivity contribution in [3.63, 3.8) is 0 Å². The van der Waals surface area contributed by atoms with Gasteiger partial charge in [0, 0.05) is 18.4 Å². The molecule has 1 aromatic rings. The summed E-state index contributed by atoms with van der Waals surface area (Å²) in [5.41, 5.74) is 1.28. The van der Waals surface area contributed by atoms with Crippen LogP contribution >= 0.6 is 0 Å². The summed E-state index contributed by atoms with van der Waals surface area (Å²) in [6, 6.07) is 10.5. The molecular weight excluding hydrogens is 227 g/mol. The van der Waals surface area contributed by atoms with Crippen LogP contribution in [0.1, 0.15) is 30.7 Å². The summed E-state index contributed by atoms with van der Waals surface area (Å²) < 4.78 is 35.7. The zero-order valence-electron chi connectivity index (χ0n) is 9.50. The Bertz CT molecular complexity index is 347. The van der Waals surface area contributed by atoms with Gasteiger partial charge >= 0.3 is 6.18 Å². The molecule has 0 saturated heterocycles. The van der Waals surface area contributed by atoms with E-state index in [2.05, 4.69) is 17.4 Å². The summed E-state index contributed by atoms with van der Waals surface area (Å²) in [5, 5.41) is 3.18. The summed E-state index contributed by atoms with van der Waals surface area (Å²) in [6.45, 7) is 0.452. The molecule has 0 radical (unpaired) electrons. The Balaban J connectivity index is 1.64. The highest BCUT2D eigenvalue weighted by molar-refractivity contribution is 5.27. The molecule has 1 aliphatic carbocycles. The van der Waals surface area contributed by atoms with Gasteiger partial charge in [-0.15, -0.1) is 0 Å². The summed E-state index contributed by atoms with van der Waals surface area (Å²) in [6.07, 6.45) is -3.51. The van der Waals surface area contributed by atoms with E-state index in [1.807, 2.05) is 18.2 Å². The van der Waals surface area contributed by atoms with Gasteiger partial charge in [0.25, 0.3) is 0 Å². The van der Waals surface area contributed by atoms with Gasteiger partial charge in [0.15, 0.2) is 0 Å². The van der Waals surface area contributed by atoms with Crippen LogP contribution in [0.3, 0.4) is 0 Å². The first-order valence-corrected chi connectivity index (χ1v) is 5.91. The fraction of sp³-hybridized carbons (Fsp3) is 0.538. The minimum absolute atomic E-state index is 0.168. The topological polar surface area (TPSA) is 12.0 Å². The largest absolute Gasteiger partial charge is 0.389 e. The predicted octanol–water partition coefficient (Wildman–Crippen LogP) is 3.47. The second-order valence-electron chi connectivity index (χ2n) is 4.53. The van der Waals surface area contributed by atoms with Crippen LogP contribution in [0.4, 0.5) is 13.2 Å². The minimum Gasteiger partial charge on any atom is -0.313 e. The Morgan fingerprint density at radius 2 is 1.88 bits per heavy atom. The number of benzene rings is 1. The molecule has 1 fully saturated rings. The van der Waals surface area contributed by atoms with Crippen molar-refractivity contribution < 1.29 is 13.2 Å². The third-order valence-electron chi connectivity index (χ3n) is 3.06. The monoisotopic (exact) mass is 243 g/mol. The molecule has 1 aromatic carbocycles. The minimum atomic E-state index is -4.02. The van der Waals surface area contributed by atoms with Crippen LogP contribution in [-0.4, -0.2) is 18.8 Å². The summed E-state index contributed by atoms with van der Waals surface area (Å²) in [5.74, 6) is 0.488. The lowest BCUT2D eigenvalue weighted by molar-refractivity contribution is -0.135. The first-order valence-electron chi connectivity index (χ1n) is 5.91. The maximum Gasteiger partial charge on any atom is 0.389 e. The van der Waals surface area contributed by atoms with E-state index in [0.29, 0.717) is 18.5 Å². The van der Waals surface area contributed by atoms with E-state index in [0.717, 1.165) is 6.42 Å². The van der Waals surface area contributed by atoms with Gasteiger partial charge in [-0.05, 0) is 24.9 Å². The highest BCUT2D eigenvalue weighted by Crippen LogP contribution is 2.40. The molecule has 94 valence electrons. The first-order chi connectivity index (χ1) is 8.06. The van der Waals surface area contributed by atoms with Crippen LogP contribution in [0.25, 0.3) is 0 Å². The van der Waals surface area contributed by atoms with Crippen molar-refractivity contribution in [1.29, 1.82) is 0 Å². The Morgan fingerprint density at radius 3 is 2.53 bits per heavy atom. The molecule has 0 aliphatic heterocycles. The Morgan fingerprint density at radius 1 is 1.18 bits per heavy atom. The fourth-order valence-electron chi connectivity index (χ4n) is 2.07. The molecule has 2 rings (SSSR count). The van der Waals surface area contributed by atoms with Crippen LogP contribution in [0, 0.1) is 0 Å². The van der Waals surface area contributed by atoms with E-state index in [9.17, 15) is 13.2 Å². The Kier molecular flexibility index (Phi) is 3.72. The zero-order chi connectivity index (χ0) is 12.3. The summed E-state index contributed by atoms with van der Waals surface area (Å²) >= 11 is 0. The lowest BCUT2D eigenvalue weighted by Crippen LogP contribution is -2.21. The average molecular weight is 243 g/mol. The van der Waals surface area contributed by atoms with E-state index in [1.54, 1.807) is 0 Å².